The number of furan rings is 1. The summed E-state index contributed by atoms with van der Waals surface area (Å²) in [6.07, 6.45) is 2.68. The van der Waals surface area contributed by atoms with Gasteiger partial charge >= 0.3 is 0 Å². The van der Waals surface area contributed by atoms with Gasteiger partial charge in [-0.3, -0.25) is 0 Å². The molecule has 0 fully saturated rings. The van der Waals surface area contributed by atoms with Gasteiger partial charge in [-0.15, -0.1) is 0 Å². The quantitative estimate of drug-likeness (QED) is 0.746. The van der Waals surface area contributed by atoms with Crippen molar-refractivity contribution >= 4 is 0 Å². The molecule has 1 heterocycles. The fourth-order valence-corrected chi connectivity index (χ4v) is 1.02. The van der Waals surface area contributed by atoms with E-state index in [4.69, 9.17) is 4.42 Å². The summed E-state index contributed by atoms with van der Waals surface area (Å²) in [5.74, 6) is 1.05. The highest BCUT2D eigenvalue weighted by molar-refractivity contribution is 4.98. The Kier molecular flexibility index (Phi) is 2.93. The molecule has 68 valence electrons. The molecule has 1 rings (SSSR count). The van der Waals surface area contributed by atoms with E-state index in [0.717, 1.165) is 18.7 Å². The first-order valence-electron chi connectivity index (χ1n) is 4.35. The molecule has 0 aliphatic carbocycles. The molecule has 0 radical (unpaired) electrons. The van der Waals surface area contributed by atoms with Crippen LogP contribution in [-0.4, -0.2) is 12.1 Å². The summed E-state index contributed by atoms with van der Waals surface area (Å²) >= 11 is 0. The SMILES string of the molecule is CC(C)(C)NCCc1ccco1. The second-order valence-electron chi connectivity index (χ2n) is 4.01. The lowest BCUT2D eigenvalue weighted by atomic mass is 10.1. The largest absolute Gasteiger partial charge is 0.469 e. The minimum Gasteiger partial charge on any atom is -0.469 e. The van der Waals surface area contributed by atoms with Gasteiger partial charge in [0.15, 0.2) is 0 Å². The van der Waals surface area contributed by atoms with E-state index in [9.17, 15) is 0 Å². The van der Waals surface area contributed by atoms with Crippen LogP contribution in [0.25, 0.3) is 0 Å². The zero-order chi connectivity index (χ0) is 9.03. The average Bonchev–Trinajstić information content (AvgIpc) is 2.36. The summed E-state index contributed by atoms with van der Waals surface area (Å²) in [7, 11) is 0. The van der Waals surface area contributed by atoms with E-state index in [1.807, 2.05) is 12.1 Å². The van der Waals surface area contributed by atoms with Gasteiger partial charge in [0.25, 0.3) is 0 Å². The predicted octanol–water partition coefficient (Wildman–Crippen LogP) is 2.21. The van der Waals surface area contributed by atoms with Gasteiger partial charge in [-0.2, -0.15) is 0 Å². The molecule has 1 aromatic heterocycles. The van der Waals surface area contributed by atoms with Crippen molar-refractivity contribution in [1.82, 2.24) is 5.32 Å². The van der Waals surface area contributed by atoms with E-state index in [1.165, 1.54) is 0 Å². The minimum absolute atomic E-state index is 0.201. The Balaban J connectivity index is 2.20. The molecule has 0 saturated carbocycles. The lowest BCUT2D eigenvalue weighted by molar-refractivity contribution is 0.414. The lowest BCUT2D eigenvalue weighted by Crippen LogP contribution is -2.37. The van der Waals surface area contributed by atoms with Gasteiger partial charge in [0.2, 0.25) is 0 Å². The second-order valence-corrected chi connectivity index (χ2v) is 4.01. The highest BCUT2D eigenvalue weighted by Gasteiger charge is 2.07. The van der Waals surface area contributed by atoms with E-state index in [1.54, 1.807) is 6.26 Å². The van der Waals surface area contributed by atoms with Crippen LogP contribution in [0.15, 0.2) is 22.8 Å². The maximum atomic E-state index is 5.21. The summed E-state index contributed by atoms with van der Waals surface area (Å²) in [6, 6.07) is 3.93. The van der Waals surface area contributed by atoms with Crippen LogP contribution in [0.1, 0.15) is 26.5 Å². The van der Waals surface area contributed by atoms with Crippen molar-refractivity contribution < 1.29 is 4.42 Å². The number of nitrogens with one attached hydrogen (secondary N) is 1. The first kappa shape index (κ1) is 9.33. The smallest absolute Gasteiger partial charge is 0.105 e. The summed E-state index contributed by atoms with van der Waals surface area (Å²) in [5, 5.41) is 3.40. The molecule has 0 aliphatic heterocycles. The molecule has 0 atom stereocenters. The topological polar surface area (TPSA) is 25.2 Å². The van der Waals surface area contributed by atoms with Crippen LogP contribution in [0.4, 0.5) is 0 Å². The minimum atomic E-state index is 0.201. The number of hydrogen-bond acceptors (Lipinski definition) is 2. The molecule has 1 aromatic rings. The molecule has 2 heteroatoms. The van der Waals surface area contributed by atoms with Gasteiger partial charge < -0.3 is 9.73 Å². The molecule has 0 aromatic carbocycles. The summed E-state index contributed by atoms with van der Waals surface area (Å²) in [5.41, 5.74) is 0.201. The van der Waals surface area contributed by atoms with Crippen LogP contribution in [0, 0.1) is 0 Å². The van der Waals surface area contributed by atoms with Crippen LogP contribution in [0.5, 0.6) is 0 Å². The molecular formula is C10H17NO. The molecular weight excluding hydrogens is 150 g/mol. The monoisotopic (exact) mass is 167 g/mol. The van der Waals surface area contributed by atoms with Crippen LogP contribution in [0.2, 0.25) is 0 Å². The van der Waals surface area contributed by atoms with Crippen LogP contribution < -0.4 is 5.32 Å². The molecule has 0 saturated heterocycles. The zero-order valence-electron chi connectivity index (χ0n) is 8.05. The zero-order valence-corrected chi connectivity index (χ0v) is 8.05. The third kappa shape index (κ3) is 3.58. The molecule has 0 unspecified atom stereocenters. The molecule has 0 aliphatic rings. The van der Waals surface area contributed by atoms with Crippen molar-refractivity contribution in [3.05, 3.63) is 24.2 Å². The third-order valence-electron chi connectivity index (χ3n) is 1.61. The normalized spacial score (nSPS) is 11.9. The van der Waals surface area contributed by atoms with Gasteiger partial charge in [-0.1, -0.05) is 0 Å². The maximum absolute atomic E-state index is 5.21. The summed E-state index contributed by atoms with van der Waals surface area (Å²) < 4.78 is 5.21. The van der Waals surface area contributed by atoms with E-state index < -0.39 is 0 Å². The Morgan fingerprint density at radius 1 is 1.42 bits per heavy atom. The lowest BCUT2D eigenvalue weighted by Gasteiger charge is -2.19. The Labute approximate surface area is 74.0 Å². The standard InChI is InChI=1S/C10H17NO/c1-10(2,3)11-7-6-9-5-4-8-12-9/h4-5,8,11H,6-7H2,1-3H3. The molecule has 12 heavy (non-hydrogen) atoms. The van der Waals surface area contributed by atoms with Crippen molar-refractivity contribution in [2.24, 2.45) is 0 Å². The fraction of sp³-hybridized carbons (Fsp3) is 0.600. The van der Waals surface area contributed by atoms with Gasteiger partial charge in [0.05, 0.1) is 6.26 Å². The van der Waals surface area contributed by atoms with Gasteiger partial charge in [-0.25, -0.2) is 0 Å². The van der Waals surface area contributed by atoms with Crippen LogP contribution >= 0.6 is 0 Å². The first-order valence-corrected chi connectivity index (χ1v) is 4.35. The molecule has 0 amide bonds. The molecule has 1 N–H and O–H groups in total. The predicted molar refractivity (Wildman–Crippen MR) is 50.2 cm³/mol. The summed E-state index contributed by atoms with van der Waals surface area (Å²) in [6.45, 7) is 7.45. The highest BCUT2D eigenvalue weighted by atomic mass is 16.3. The fourth-order valence-electron chi connectivity index (χ4n) is 1.02. The Bertz CT molecular complexity index is 208. The van der Waals surface area contributed by atoms with Gasteiger partial charge in [0, 0.05) is 18.5 Å². The van der Waals surface area contributed by atoms with Crippen molar-refractivity contribution in [3.63, 3.8) is 0 Å². The van der Waals surface area contributed by atoms with Crippen LogP contribution in [-0.2, 0) is 6.42 Å². The van der Waals surface area contributed by atoms with E-state index >= 15 is 0 Å². The average molecular weight is 167 g/mol. The maximum Gasteiger partial charge on any atom is 0.105 e. The van der Waals surface area contributed by atoms with Crippen molar-refractivity contribution in [2.75, 3.05) is 6.54 Å². The summed E-state index contributed by atoms with van der Waals surface area (Å²) in [4.78, 5) is 0. The van der Waals surface area contributed by atoms with E-state index in [0.29, 0.717) is 0 Å². The van der Waals surface area contributed by atoms with Crippen molar-refractivity contribution in [2.45, 2.75) is 32.7 Å². The second kappa shape index (κ2) is 3.76. The molecule has 0 bridgehead atoms. The van der Waals surface area contributed by atoms with Gasteiger partial charge in [0.1, 0.15) is 5.76 Å². The Morgan fingerprint density at radius 2 is 2.17 bits per heavy atom. The molecule has 0 spiro atoms. The van der Waals surface area contributed by atoms with Crippen LogP contribution in [0.3, 0.4) is 0 Å². The highest BCUT2D eigenvalue weighted by Crippen LogP contribution is 2.02. The van der Waals surface area contributed by atoms with Gasteiger partial charge in [-0.05, 0) is 32.9 Å². The van der Waals surface area contributed by atoms with Crippen molar-refractivity contribution in [1.29, 1.82) is 0 Å². The van der Waals surface area contributed by atoms with Crippen molar-refractivity contribution in [3.8, 4) is 0 Å². The third-order valence-corrected chi connectivity index (χ3v) is 1.61. The van der Waals surface area contributed by atoms with E-state index in [-0.39, 0.29) is 5.54 Å². The van der Waals surface area contributed by atoms with E-state index in [2.05, 4.69) is 26.1 Å². The first-order chi connectivity index (χ1) is 5.58. The number of hydrogen-bond donors (Lipinski definition) is 1. The number of rotatable bonds is 3. The molecule has 2 nitrogen and oxygen atoms in total. The Hall–Kier alpha value is -0.760. The Morgan fingerprint density at radius 3 is 2.67 bits per heavy atom.